The Morgan fingerprint density at radius 3 is 2.79 bits per heavy atom. The van der Waals surface area contributed by atoms with E-state index >= 15 is 0 Å². The van der Waals surface area contributed by atoms with E-state index in [1.165, 1.54) is 0 Å². The Morgan fingerprint density at radius 1 is 1.42 bits per heavy atom. The molecule has 24 heavy (non-hydrogen) atoms. The molecule has 4 nitrogen and oxygen atoms in total. The van der Waals surface area contributed by atoms with Crippen molar-refractivity contribution in [3.05, 3.63) is 29.8 Å². The molecule has 7 heteroatoms. The zero-order valence-electron chi connectivity index (χ0n) is 13.3. The molecule has 1 aliphatic rings. The highest BCUT2D eigenvalue weighted by Crippen LogP contribution is 2.25. The first-order chi connectivity index (χ1) is 11.3. The van der Waals surface area contributed by atoms with Crippen LogP contribution in [0.4, 0.5) is 13.2 Å². The first kappa shape index (κ1) is 18.1. The number of halogens is 3. The number of rotatable bonds is 6. The Hall–Kier alpha value is -2.20. The molecule has 0 N–H and O–H groups in total. The van der Waals surface area contributed by atoms with Gasteiger partial charge in [-0.25, -0.2) is 0 Å². The van der Waals surface area contributed by atoms with Gasteiger partial charge in [0.2, 0.25) is 5.91 Å². The van der Waals surface area contributed by atoms with E-state index in [1.807, 2.05) is 12.1 Å². The number of ether oxygens (including phenoxy) is 1. The Kier molecular flexibility index (Phi) is 5.73. The van der Waals surface area contributed by atoms with E-state index in [0.717, 1.165) is 10.5 Å². The van der Waals surface area contributed by atoms with Gasteiger partial charge in [0.25, 0.3) is 0 Å². The number of amides is 1. The van der Waals surface area contributed by atoms with Crippen LogP contribution in [0.5, 0.6) is 5.75 Å². The van der Waals surface area contributed by atoms with Crippen molar-refractivity contribution in [1.29, 1.82) is 0 Å². The molecule has 0 unspecified atom stereocenters. The monoisotopic (exact) mass is 340 g/mol. The second-order valence-corrected chi connectivity index (χ2v) is 5.70. The molecule has 2 rings (SSSR count). The van der Waals surface area contributed by atoms with Gasteiger partial charge in [-0.15, -0.1) is 6.42 Å². The number of nitrogens with zero attached hydrogens (tertiary/aromatic N) is 2. The maximum atomic E-state index is 12.5. The van der Waals surface area contributed by atoms with Crippen molar-refractivity contribution in [2.24, 2.45) is 0 Å². The number of carbonyl (C=O) groups excluding carboxylic acids is 1. The number of alkyl halides is 3. The molecular formula is C17H19F3N2O2. The number of likely N-dealkylation sites (tertiary alicyclic amines) is 1. The van der Waals surface area contributed by atoms with Crippen molar-refractivity contribution >= 4 is 5.91 Å². The van der Waals surface area contributed by atoms with Gasteiger partial charge in [0.1, 0.15) is 18.9 Å². The predicted molar refractivity (Wildman–Crippen MR) is 83.3 cm³/mol. The molecule has 0 radical (unpaired) electrons. The van der Waals surface area contributed by atoms with Crippen LogP contribution in [-0.4, -0.2) is 54.7 Å². The summed E-state index contributed by atoms with van der Waals surface area (Å²) in [7, 11) is 1.72. The molecule has 0 aliphatic carbocycles. The second kappa shape index (κ2) is 7.58. The molecule has 0 spiro atoms. The van der Waals surface area contributed by atoms with E-state index in [-0.39, 0.29) is 13.2 Å². The first-order valence-electron chi connectivity index (χ1n) is 7.52. The number of carbonyl (C=O) groups is 1. The van der Waals surface area contributed by atoms with E-state index < -0.39 is 24.7 Å². The lowest BCUT2D eigenvalue weighted by Gasteiger charge is -2.25. The normalized spacial score (nSPS) is 18.1. The minimum Gasteiger partial charge on any atom is -0.481 e. The van der Waals surface area contributed by atoms with Crippen molar-refractivity contribution in [2.45, 2.75) is 25.2 Å². The van der Waals surface area contributed by atoms with Crippen molar-refractivity contribution in [3.63, 3.8) is 0 Å². The van der Waals surface area contributed by atoms with Gasteiger partial charge in [-0.3, -0.25) is 9.69 Å². The van der Waals surface area contributed by atoms with Crippen LogP contribution in [0.2, 0.25) is 0 Å². The highest BCUT2D eigenvalue weighted by atomic mass is 19.4. The number of benzene rings is 1. The Morgan fingerprint density at radius 2 is 2.12 bits per heavy atom. The van der Waals surface area contributed by atoms with Gasteiger partial charge >= 0.3 is 6.18 Å². The number of terminal acetylenes is 1. The van der Waals surface area contributed by atoms with Crippen LogP contribution < -0.4 is 4.74 Å². The molecule has 1 amide bonds. The van der Waals surface area contributed by atoms with Crippen LogP contribution in [0.15, 0.2) is 24.3 Å². The highest BCUT2D eigenvalue weighted by Gasteiger charge is 2.40. The van der Waals surface area contributed by atoms with E-state index in [2.05, 4.69) is 5.92 Å². The lowest BCUT2D eigenvalue weighted by atomic mass is 10.1. The van der Waals surface area contributed by atoms with E-state index in [4.69, 9.17) is 11.2 Å². The van der Waals surface area contributed by atoms with Crippen LogP contribution in [-0.2, 0) is 11.3 Å². The smallest absolute Gasteiger partial charge is 0.406 e. The Bertz CT molecular complexity index is 625. The third-order valence-electron chi connectivity index (χ3n) is 3.87. The molecule has 0 saturated carbocycles. The van der Waals surface area contributed by atoms with Crippen LogP contribution in [0.1, 0.15) is 12.0 Å². The number of hydrogen-bond donors (Lipinski definition) is 0. The zero-order valence-corrected chi connectivity index (χ0v) is 13.3. The van der Waals surface area contributed by atoms with Crippen molar-refractivity contribution < 1.29 is 22.7 Å². The summed E-state index contributed by atoms with van der Waals surface area (Å²) in [5.74, 6) is 2.51. The molecule has 1 saturated heterocycles. The molecule has 1 aliphatic heterocycles. The van der Waals surface area contributed by atoms with Gasteiger partial charge in [0.05, 0.1) is 6.04 Å². The summed E-state index contributed by atoms with van der Waals surface area (Å²) in [5.41, 5.74) is 0.831. The molecule has 1 fully saturated rings. The third-order valence-corrected chi connectivity index (χ3v) is 3.87. The van der Waals surface area contributed by atoms with Crippen molar-refractivity contribution in [2.75, 3.05) is 26.7 Å². The van der Waals surface area contributed by atoms with Gasteiger partial charge in [-0.2, -0.15) is 13.2 Å². The Balaban J connectivity index is 2.02. The minimum absolute atomic E-state index is 0.114. The van der Waals surface area contributed by atoms with Gasteiger partial charge < -0.3 is 9.64 Å². The molecule has 1 heterocycles. The summed E-state index contributed by atoms with van der Waals surface area (Å²) >= 11 is 0. The molecule has 1 aromatic rings. The van der Waals surface area contributed by atoms with Crippen LogP contribution in [0.3, 0.4) is 0 Å². The standard InChI is InChI=1S/C17H19F3N2O2/c1-3-10-24-15-7-5-4-6-13(15)11-21(2)14-8-9-22(16(14)23)12-17(18,19)20/h1,4-7,14H,8-12H2,2H3/t14-/m0/s1. The van der Waals surface area contributed by atoms with Crippen LogP contribution in [0.25, 0.3) is 0 Å². The van der Waals surface area contributed by atoms with E-state index in [9.17, 15) is 18.0 Å². The maximum absolute atomic E-state index is 12.5. The maximum Gasteiger partial charge on any atom is 0.406 e. The fourth-order valence-electron chi connectivity index (χ4n) is 2.78. The largest absolute Gasteiger partial charge is 0.481 e. The summed E-state index contributed by atoms with van der Waals surface area (Å²) < 4.78 is 42.9. The minimum atomic E-state index is -4.38. The first-order valence-corrected chi connectivity index (χ1v) is 7.52. The van der Waals surface area contributed by atoms with Crippen LogP contribution in [0, 0.1) is 12.3 Å². The highest BCUT2D eigenvalue weighted by molar-refractivity contribution is 5.84. The summed E-state index contributed by atoms with van der Waals surface area (Å²) in [5, 5.41) is 0. The lowest BCUT2D eigenvalue weighted by Crippen LogP contribution is -2.42. The molecule has 1 atom stereocenters. The van der Waals surface area contributed by atoms with E-state index in [0.29, 0.717) is 18.7 Å². The summed E-state index contributed by atoms with van der Waals surface area (Å²) in [6, 6.07) is 6.69. The van der Waals surface area contributed by atoms with Gasteiger partial charge in [0.15, 0.2) is 0 Å². The van der Waals surface area contributed by atoms with Gasteiger partial charge in [-0.05, 0) is 19.5 Å². The van der Waals surface area contributed by atoms with Gasteiger partial charge in [0, 0.05) is 18.7 Å². The number of para-hydroxylation sites is 1. The molecule has 0 bridgehead atoms. The van der Waals surface area contributed by atoms with Gasteiger partial charge in [-0.1, -0.05) is 24.1 Å². The fourth-order valence-corrected chi connectivity index (χ4v) is 2.78. The quantitative estimate of drug-likeness (QED) is 0.745. The SMILES string of the molecule is C#CCOc1ccccc1CN(C)[C@H]1CCN(CC(F)(F)F)C1=O. The van der Waals surface area contributed by atoms with Crippen molar-refractivity contribution in [3.8, 4) is 18.1 Å². The second-order valence-electron chi connectivity index (χ2n) is 5.70. The molecule has 1 aromatic carbocycles. The topological polar surface area (TPSA) is 32.8 Å². The fraction of sp³-hybridized carbons (Fsp3) is 0.471. The zero-order chi connectivity index (χ0) is 17.7. The Labute approximate surface area is 139 Å². The average Bonchev–Trinajstić information content (AvgIpc) is 2.85. The number of likely N-dealkylation sites (N-methyl/N-ethyl adjacent to an activating group) is 1. The molecule has 130 valence electrons. The predicted octanol–water partition coefficient (Wildman–Crippen LogP) is 2.29. The summed E-state index contributed by atoms with van der Waals surface area (Å²) in [4.78, 5) is 14.8. The molecular weight excluding hydrogens is 321 g/mol. The van der Waals surface area contributed by atoms with E-state index in [1.54, 1.807) is 24.1 Å². The van der Waals surface area contributed by atoms with Crippen LogP contribution >= 0.6 is 0 Å². The third kappa shape index (κ3) is 4.65. The van der Waals surface area contributed by atoms with Crippen molar-refractivity contribution in [1.82, 2.24) is 9.80 Å². The average molecular weight is 340 g/mol. The summed E-state index contributed by atoms with van der Waals surface area (Å²) in [6.07, 6.45) is 1.18. The molecule has 0 aromatic heterocycles. The number of hydrogen-bond acceptors (Lipinski definition) is 3. The summed E-state index contributed by atoms with van der Waals surface area (Å²) in [6.45, 7) is -0.569. The lowest BCUT2D eigenvalue weighted by molar-refractivity contribution is -0.159.